The third-order valence-corrected chi connectivity index (χ3v) is 2.35. The van der Waals surface area contributed by atoms with E-state index in [2.05, 4.69) is 11.9 Å². The Hall–Kier alpha value is -0.340. The van der Waals surface area contributed by atoms with E-state index in [4.69, 9.17) is 0 Å². The summed E-state index contributed by atoms with van der Waals surface area (Å²) in [6.45, 7) is 5.55. The Morgan fingerprint density at radius 3 is 2.64 bits per heavy atom. The van der Waals surface area contributed by atoms with Crippen molar-refractivity contribution in [2.75, 3.05) is 13.1 Å². The average molecular weight is 155 g/mol. The minimum Gasteiger partial charge on any atom is -0.390 e. The first-order chi connectivity index (χ1) is 5.27. The van der Waals surface area contributed by atoms with Crippen LogP contribution in [0.4, 0.5) is 0 Å². The van der Waals surface area contributed by atoms with Crippen LogP contribution in [0.1, 0.15) is 25.7 Å². The highest BCUT2D eigenvalue weighted by atomic mass is 16.3. The lowest BCUT2D eigenvalue weighted by Gasteiger charge is -2.32. The first-order valence-corrected chi connectivity index (χ1v) is 4.31. The maximum Gasteiger partial charge on any atom is 0.0675 e. The summed E-state index contributed by atoms with van der Waals surface area (Å²) in [5.41, 5.74) is -0.403. The summed E-state index contributed by atoms with van der Waals surface area (Å²) in [5.74, 6) is 0. The van der Waals surface area contributed by atoms with Crippen molar-refractivity contribution in [1.82, 2.24) is 5.32 Å². The molecular weight excluding hydrogens is 138 g/mol. The molecule has 0 aliphatic carbocycles. The molecule has 0 aromatic heterocycles. The zero-order chi connectivity index (χ0) is 8.16. The first kappa shape index (κ1) is 8.75. The van der Waals surface area contributed by atoms with Crippen LogP contribution in [0, 0.1) is 0 Å². The fourth-order valence-corrected chi connectivity index (χ4v) is 1.51. The molecule has 1 aliphatic rings. The SMILES string of the molecule is C=CCCC1(O)CCNCC1. The molecule has 0 bridgehead atoms. The number of rotatable bonds is 3. The summed E-state index contributed by atoms with van der Waals surface area (Å²) in [6.07, 6.45) is 5.45. The van der Waals surface area contributed by atoms with Gasteiger partial charge in [-0.15, -0.1) is 6.58 Å². The third kappa shape index (κ3) is 2.64. The zero-order valence-electron chi connectivity index (χ0n) is 6.97. The van der Waals surface area contributed by atoms with E-state index in [1.165, 1.54) is 0 Å². The molecule has 11 heavy (non-hydrogen) atoms. The van der Waals surface area contributed by atoms with Gasteiger partial charge in [0.05, 0.1) is 5.60 Å². The Morgan fingerprint density at radius 1 is 1.45 bits per heavy atom. The van der Waals surface area contributed by atoms with E-state index in [1.807, 2.05) is 6.08 Å². The highest BCUT2D eigenvalue weighted by Gasteiger charge is 2.27. The summed E-state index contributed by atoms with van der Waals surface area (Å²) in [6, 6.07) is 0. The highest BCUT2D eigenvalue weighted by molar-refractivity contribution is 4.86. The van der Waals surface area contributed by atoms with Gasteiger partial charge >= 0.3 is 0 Å². The van der Waals surface area contributed by atoms with Crippen LogP contribution in [0.2, 0.25) is 0 Å². The quantitative estimate of drug-likeness (QED) is 0.597. The standard InChI is InChI=1S/C9H17NO/c1-2-3-4-9(11)5-7-10-8-6-9/h2,10-11H,1,3-8H2. The van der Waals surface area contributed by atoms with E-state index in [1.54, 1.807) is 0 Å². The van der Waals surface area contributed by atoms with Crippen molar-refractivity contribution in [2.45, 2.75) is 31.3 Å². The lowest BCUT2D eigenvalue weighted by atomic mass is 9.88. The Balaban J connectivity index is 2.30. The summed E-state index contributed by atoms with van der Waals surface area (Å²) in [4.78, 5) is 0. The van der Waals surface area contributed by atoms with Gasteiger partial charge in [-0.25, -0.2) is 0 Å². The van der Waals surface area contributed by atoms with Crippen molar-refractivity contribution < 1.29 is 5.11 Å². The molecular formula is C9H17NO. The molecule has 0 radical (unpaired) electrons. The van der Waals surface area contributed by atoms with E-state index < -0.39 is 5.60 Å². The number of piperidine rings is 1. The van der Waals surface area contributed by atoms with Crippen molar-refractivity contribution in [3.8, 4) is 0 Å². The highest BCUT2D eigenvalue weighted by Crippen LogP contribution is 2.23. The molecule has 0 aromatic carbocycles. The van der Waals surface area contributed by atoms with Gasteiger partial charge in [0, 0.05) is 0 Å². The van der Waals surface area contributed by atoms with E-state index in [0.29, 0.717) is 0 Å². The Labute approximate surface area is 68.3 Å². The van der Waals surface area contributed by atoms with Crippen molar-refractivity contribution in [3.05, 3.63) is 12.7 Å². The lowest BCUT2D eigenvalue weighted by molar-refractivity contribution is 0.00343. The van der Waals surface area contributed by atoms with Crippen LogP contribution in [0.15, 0.2) is 12.7 Å². The second-order valence-corrected chi connectivity index (χ2v) is 3.30. The molecule has 1 rings (SSSR count). The predicted octanol–water partition coefficient (Wildman–Crippen LogP) is 1.07. The van der Waals surface area contributed by atoms with Crippen LogP contribution in [-0.4, -0.2) is 23.8 Å². The maximum absolute atomic E-state index is 9.91. The average Bonchev–Trinajstić information content (AvgIpc) is 2.03. The molecule has 64 valence electrons. The van der Waals surface area contributed by atoms with Crippen LogP contribution in [0.3, 0.4) is 0 Å². The second kappa shape index (κ2) is 3.88. The molecule has 2 N–H and O–H groups in total. The summed E-state index contributed by atoms with van der Waals surface area (Å²) < 4.78 is 0. The van der Waals surface area contributed by atoms with E-state index in [9.17, 15) is 5.11 Å². The molecule has 1 saturated heterocycles. The normalized spacial score (nSPS) is 23.0. The van der Waals surface area contributed by atoms with Crippen molar-refractivity contribution in [1.29, 1.82) is 0 Å². The van der Waals surface area contributed by atoms with Gasteiger partial charge in [0.2, 0.25) is 0 Å². The number of hydrogen-bond donors (Lipinski definition) is 2. The summed E-state index contributed by atoms with van der Waals surface area (Å²) in [5, 5.41) is 13.1. The topological polar surface area (TPSA) is 32.3 Å². The zero-order valence-corrected chi connectivity index (χ0v) is 6.97. The fourth-order valence-electron chi connectivity index (χ4n) is 1.51. The number of nitrogens with one attached hydrogen (secondary N) is 1. The maximum atomic E-state index is 9.91. The molecule has 1 fully saturated rings. The molecule has 2 heteroatoms. The minimum absolute atomic E-state index is 0.403. The van der Waals surface area contributed by atoms with Gasteiger partial charge in [-0.05, 0) is 38.8 Å². The Bertz CT molecular complexity index is 128. The Kier molecular flexibility index (Phi) is 3.09. The van der Waals surface area contributed by atoms with Gasteiger partial charge < -0.3 is 10.4 Å². The molecule has 1 aliphatic heterocycles. The van der Waals surface area contributed by atoms with Gasteiger partial charge in [-0.1, -0.05) is 6.08 Å². The largest absolute Gasteiger partial charge is 0.390 e. The second-order valence-electron chi connectivity index (χ2n) is 3.30. The number of hydrogen-bond acceptors (Lipinski definition) is 2. The van der Waals surface area contributed by atoms with Crippen LogP contribution in [-0.2, 0) is 0 Å². The van der Waals surface area contributed by atoms with Crippen LogP contribution in [0.5, 0.6) is 0 Å². The van der Waals surface area contributed by atoms with E-state index in [-0.39, 0.29) is 0 Å². The summed E-state index contributed by atoms with van der Waals surface area (Å²) in [7, 11) is 0. The van der Waals surface area contributed by atoms with Crippen molar-refractivity contribution >= 4 is 0 Å². The number of aliphatic hydroxyl groups is 1. The molecule has 0 atom stereocenters. The van der Waals surface area contributed by atoms with E-state index >= 15 is 0 Å². The van der Waals surface area contributed by atoms with E-state index in [0.717, 1.165) is 38.8 Å². The van der Waals surface area contributed by atoms with Gasteiger partial charge in [0.1, 0.15) is 0 Å². The monoisotopic (exact) mass is 155 g/mol. The van der Waals surface area contributed by atoms with Crippen LogP contribution in [0.25, 0.3) is 0 Å². The minimum atomic E-state index is -0.403. The van der Waals surface area contributed by atoms with Gasteiger partial charge in [0.25, 0.3) is 0 Å². The third-order valence-electron chi connectivity index (χ3n) is 2.35. The van der Waals surface area contributed by atoms with Crippen LogP contribution >= 0.6 is 0 Å². The van der Waals surface area contributed by atoms with Gasteiger partial charge in [-0.2, -0.15) is 0 Å². The van der Waals surface area contributed by atoms with Crippen molar-refractivity contribution in [2.24, 2.45) is 0 Å². The first-order valence-electron chi connectivity index (χ1n) is 4.31. The van der Waals surface area contributed by atoms with Crippen molar-refractivity contribution in [3.63, 3.8) is 0 Å². The van der Waals surface area contributed by atoms with Gasteiger partial charge in [-0.3, -0.25) is 0 Å². The molecule has 0 unspecified atom stereocenters. The molecule has 0 spiro atoms. The molecule has 0 amide bonds. The van der Waals surface area contributed by atoms with Gasteiger partial charge in [0.15, 0.2) is 0 Å². The number of allylic oxidation sites excluding steroid dienone is 1. The van der Waals surface area contributed by atoms with Crippen LogP contribution < -0.4 is 5.32 Å². The predicted molar refractivity (Wildman–Crippen MR) is 46.5 cm³/mol. The lowest BCUT2D eigenvalue weighted by Crippen LogP contribution is -2.41. The smallest absolute Gasteiger partial charge is 0.0675 e. The fraction of sp³-hybridized carbons (Fsp3) is 0.778. The molecule has 0 aromatic rings. The molecule has 0 saturated carbocycles. The summed E-state index contributed by atoms with van der Waals surface area (Å²) >= 11 is 0. The molecule has 2 nitrogen and oxygen atoms in total. The molecule has 1 heterocycles. The Morgan fingerprint density at radius 2 is 2.09 bits per heavy atom.